The Balaban J connectivity index is 1.49. The molecule has 3 fully saturated rings. The average molecular weight is 311 g/mol. The molecule has 5 rings (SSSR count). The quantitative estimate of drug-likeness (QED) is 0.800. The van der Waals surface area contributed by atoms with Gasteiger partial charge in [0, 0.05) is 5.56 Å². The van der Waals surface area contributed by atoms with Crippen LogP contribution in [-0.4, -0.2) is 35.0 Å². The van der Waals surface area contributed by atoms with Crippen LogP contribution < -0.4 is 0 Å². The van der Waals surface area contributed by atoms with E-state index in [2.05, 4.69) is 10.2 Å². The molecule has 2 saturated heterocycles. The number of benzene rings is 1. The molecule has 1 aliphatic carbocycles. The van der Waals surface area contributed by atoms with E-state index in [9.17, 15) is 4.79 Å². The van der Waals surface area contributed by atoms with Crippen LogP contribution >= 0.6 is 0 Å². The van der Waals surface area contributed by atoms with Crippen LogP contribution in [0.1, 0.15) is 43.9 Å². The van der Waals surface area contributed by atoms with Crippen molar-refractivity contribution in [3.8, 4) is 0 Å². The van der Waals surface area contributed by atoms with Gasteiger partial charge < -0.3 is 9.64 Å². The maximum Gasteiger partial charge on any atom is 0.233 e. The van der Waals surface area contributed by atoms with Crippen LogP contribution in [-0.2, 0) is 9.53 Å². The fraction of sp³-hybridized carbons (Fsp3) is 0.611. The van der Waals surface area contributed by atoms with Crippen molar-refractivity contribution in [2.45, 2.75) is 56.0 Å². The molecule has 4 aliphatic rings. The molecular formula is C18H21N3O2. The molecule has 5 nitrogen and oxygen atoms in total. The molecule has 120 valence electrons. The van der Waals surface area contributed by atoms with E-state index in [1.54, 1.807) is 0 Å². The average Bonchev–Trinajstić information content (AvgIpc) is 3.24. The topological polar surface area (TPSA) is 54.3 Å². The van der Waals surface area contributed by atoms with Gasteiger partial charge in [0.1, 0.15) is 6.04 Å². The van der Waals surface area contributed by atoms with E-state index in [1.807, 2.05) is 35.2 Å². The number of carbonyl (C=O) groups is 1. The maximum absolute atomic E-state index is 13.3. The molecule has 0 aromatic heterocycles. The van der Waals surface area contributed by atoms with Crippen LogP contribution in [0.2, 0.25) is 0 Å². The number of azo groups is 1. The Kier molecular flexibility index (Phi) is 2.89. The molecule has 4 atom stereocenters. The van der Waals surface area contributed by atoms with Crippen molar-refractivity contribution in [3.05, 3.63) is 35.9 Å². The molecule has 23 heavy (non-hydrogen) atoms. The van der Waals surface area contributed by atoms with Crippen LogP contribution in [0, 0.1) is 5.92 Å². The highest BCUT2D eigenvalue weighted by Crippen LogP contribution is 2.53. The molecule has 3 heterocycles. The summed E-state index contributed by atoms with van der Waals surface area (Å²) in [6.07, 6.45) is 5.36. The second-order valence-electron chi connectivity index (χ2n) is 7.26. The summed E-state index contributed by atoms with van der Waals surface area (Å²) >= 11 is 0. The van der Waals surface area contributed by atoms with Gasteiger partial charge in [0.05, 0.1) is 24.1 Å². The Morgan fingerprint density at radius 3 is 2.70 bits per heavy atom. The number of rotatable bonds is 1. The first-order chi connectivity index (χ1) is 11.3. The van der Waals surface area contributed by atoms with E-state index >= 15 is 0 Å². The third-order valence-corrected chi connectivity index (χ3v) is 6.06. The molecule has 1 aromatic carbocycles. The first-order valence-electron chi connectivity index (χ1n) is 8.71. The SMILES string of the molecule is O=C1[C@H]2[C@H](N=NC23CCCCC3)[C@H]2CO[C@H](c3ccccc3)N12. The third-order valence-electron chi connectivity index (χ3n) is 6.06. The van der Waals surface area contributed by atoms with Crippen molar-refractivity contribution < 1.29 is 9.53 Å². The Bertz CT molecular complexity index is 653. The molecule has 0 bridgehead atoms. The molecular weight excluding hydrogens is 290 g/mol. The Morgan fingerprint density at radius 1 is 1.13 bits per heavy atom. The lowest BCUT2D eigenvalue weighted by atomic mass is 9.71. The Hall–Kier alpha value is -1.75. The Labute approximate surface area is 135 Å². The second-order valence-corrected chi connectivity index (χ2v) is 7.26. The summed E-state index contributed by atoms with van der Waals surface area (Å²) in [6.45, 7) is 0.571. The van der Waals surface area contributed by atoms with Crippen LogP contribution in [0.25, 0.3) is 0 Å². The lowest BCUT2D eigenvalue weighted by Gasteiger charge is -2.34. The molecule has 0 N–H and O–H groups in total. The summed E-state index contributed by atoms with van der Waals surface area (Å²) < 4.78 is 5.96. The highest BCUT2D eigenvalue weighted by atomic mass is 16.5. The van der Waals surface area contributed by atoms with E-state index in [1.165, 1.54) is 19.3 Å². The fourth-order valence-electron chi connectivity index (χ4n) is 4.98. The normalized spacial score (nSPS) is 37.4. The van der Waals surface area contributed by atoms with E-state index in [0.29, 0.717) is 6.61 Å². The van der Waals surface area contributed by atoms with Crippen molar-refractivity contribution in [1.29, 1.82) is 0 Å². The zero-order valence-corrected chi connectivity index (χ0v) is 13.1. The summed E-state index contributed by atoms with van der Waals surface area (Å²) in [5, 5.41) is 9.22. The summed E-state index contributed by atoms with van der Waals surface area (Å²) in [7, 11) is 0. The summed E-state index contributed by atoms with van der Waals surface area (Å²) in [6, 6.07) is 10.1. The van der Waals surface area contributed by atoms with Crippen LogP contribution in [0.15, 0.2) is 40.6 Å². The number of fused-ring (bicyclic) bond motifs is 4. The van der Waals surface area contributed by atoms with Crippen molar-refractivity contribution in [2.75, 3.05) is 6.61 Å². The fourth-order valence-corrected chi connectivity index (χ4v) is 4.98. The highest BCUT2D eigenvalue weighted by Gasteiger charge is 2.64. The zero-order valence-electron chi connectivity index (χ0n) is 13.1. The van der Waals surface area contributed by atoms with Gasteiger partial charge in [-0.15, -0.1) is 0 Å². The number of hydrogen-bond acceptors (Lipinski definition) is 4. The molecule has 0 unspecified atom stereocenters. The molecule has 5 heteroatoms. The van der Waals surface area contributed by atoms with E-state index in [4.69, 9.17) is 4.74 Å². The molecule has 1 saturated carbocycles. The number of carbonyl (C=O) groups excluding carboxylic acids is 1. The minimum absolute atomic E-state index is 0.00527. The van der Waals surface area contributed by atoms with Gasteiger partial charge in [-0.25, -0.2) is 0 Å². The summed E-state index contributed by atoms with van der Waals surface area (Å²) in [5.41, 5.74) is 0.837. The van der Waals surface area contributed by atoms with Gasteiger partial charge in [-0.3, -0.25) is 4.79 Å². The molecule has 0 radical (unpaired) electrons. The van der Waals surface area contributed by atoms with Crippen molar-refractivity contribution in [3.63, 3.8) is 0 Å². The lowest BCUT2D eigenvalue weighted by Crippen LogP contribution is -2.43. The lowest BCUT2D eigenvalue weighted by molar-refractivity contribution is -0.139. The predicted octanol–water partition coefficient (Wildman–Crippen LogP) is 3.08. The molecule has 1 spiro atoms. The van der Waals surface area contributed by atoms with Gasteiger partial charge in [-0.05, 0) is 12.8 Å². The Morgan fingerprint density at radius 2 is 1.91 bits per heavy atom. The van der Waals surface area contributed by atoms with E-state index in [-0.39, 0.29) is 35.7 Å². The van der Waals surface area contributed by atoms with E-state index in [0.717, 1.165) is 18.4 Å². The highest BCUT2D eigenvalue weighted by molar-refractivity contribution is 5.85. The maximum atomic E-state index is 13.3. The van der Waals surface area contributed by atoms with Gasteiger partial charge in [-0.1, -0.05) is 49.6 Å². The number of amides is 1. The van der Waals surface area contributed by atoms with Gasteiger partial charge >= 0.3 is 0 Å². The molecule has 1 aromatic rings. The van der Waals surface area contributed by atoms with Crippen molar-refractivity contribution in [2.24, 2.45) is 16.1 Å². The largest absolute Gasteiger partial charge is 0.352 e. The third kappa shape index (κ3) is 1.80. The monoisotopic (exact) mass is 311 g/mol. The first kappa shape index (κ1) is 13.7. The van der Waals surface area contributed by atoms with Gasteiger partial charge in [0.25, 0.3) is 0 Å². The summed E-state index contributed by atoms with van der Waals surface area (Å²) in [5.74, 6) is 0.154. The number of nitrogens with zero attached hydrogens (tertiary/aromatic N) is 3. The standard InChI is InChI=1S/C18H21N3O2/c22-16-14-15(19-20-18(14)9-5-2-6-10-18)13-11-23-17(21(13)16)12-7-3-1-4-8-12/h1,3-4,7-8,13-15,17H,2,5-6,9-11H2/t13-,14-,15-,17-/m1/s1. The predicted molar refractivity (Wildman–Crippen MR) is 83.7 cm³/mol. The second kappa shape index (κ2) is 4.87. The van der Waals surface area contributed by atoms with Crippen LogP contribution in [0.5, 0.6) is 0 Å². The summed E-state index contributed by atoms with van der Waals surface area (Å²) in [4.78, 5) is 15.2. The van der Waals surface area contributed by atoms with Crippen molar-refractivity contribution in [1.82, 2.24) is 4.90 Å². The first-order valence-corrected chi connectivity index (χ1v) is 8.71. The van der Waals surface area contributed by atoms with E-state index < -0.39 is 0 Å². The van der Waals surface area contributed by atoms with Crippen molar-refractivity contribution >= 4 is 5.91 Å². The van der Waals surface area contributed by atoms with Crippen LogP contribution in [0.4, 0.5) is 0 Å². The number of hydrogen-bond donors (Lipinski definition) is 0. The molecule has 3 aliphatic heterocycles. The number of ether oxygens (including phenoxy) is 1. The van der Waals surface area contributed by atoms with Gasteiger partial charge in [0.2, 0.25) is 5.91 Å². The van der Waals surface area contributed by atoms with Gasteiger partial charge in [0.15, 0.2) is 6.23 Å². The van der Waals surface area contributed by atoms with Gasteiger partial charge in [-0.2, -0.15) is 10.2 Å². The smallest absolute Gasteiger partial charge is 0.233 e. The van der Waals surface area contributed by atoms with Crippen LogP contribution in [0.3, 0.4) is 0 Å². The zero-order chi connectivity index (χ0) is 15.4. The molecule has 1 amide bonds. The minimum atomic E-state index is -0.254. The minimum Gasteiger partial charge on any atom is -0.352 e.